The molecule has 31 heavy (non-hydrogen) atoms. The second-order valence-corrected chi connectivity index (χ2v) is 8.71. The number of furan rings is 1. The third kappa shape index (κ3) is 7.30. The van der Waals surface area contributed by atoms with Crippen molar-refractivity contribution in [1.29, 1.82) is 0 Å². The summed E-state index contributed by atoms with van der Waals surface area (Å²) in [5.74, 6) is 0.850. The third-order valence-corrected chi connectivity index (χ3v) is 6.04. The monoisotopic (exact) mass is 427 g/mol. The van der Waals surface area contributed by atoms with Crippen LogP contribution in [-0.4, -0.2) is 38.8 Å². The highest BCUT2D eigenvalue weighted by molar-refractivity contribution is 5.85. The van der Waals surface area contributed by atoms with E-state index in [1.54, 1.807) is 11.2 Å². The van der Waals surface area contributed by atoms with E-state index < -0.39 is 0 Å². The maximum absolute atomic E-state index is 13.3. The largest absolute Gasteiger partial charge is 0.467 e. The smallest absolute Gasteiger partial charge is 0.242 e. The molecule has 2 amide bonds. The van der Waals surface area contributed by atoms with E-state index in [9.17, 15) is 9.59 Å². The fourth-order valence-corrected chi connectivity index (χ4v) is 3.93. The zero-order valence-electron chi connectivity index (χ0n) is 19.1. The fourth-order valence-electron chi connectivity index (χ4n) is 3.93. The van der Waals surface area contributed by atoms with Gasteiger partial charge in [-0.1, -0.05) is 39.0 Å². The Labute approximate surface area is 186 Å². The molecular formula is C25H37N3O3. The molecule has 6 nitrogen and oxygen atoms in total. The number of aryl methyl sites for hydroxylation is 1. The average Bonchev–Trinajstić information content (AvgIpc) is 3.32. The van der Waals surface area contributed by atoms with Crippen LogP contribution in [0, 0.1) is 0 Å². The van der Waals surface area contributed by atoms with Gasteiger partial charge in [-0.2, -0.15) is 0 Å². The van der Waals surface area contributed by atoms with Gasteiger partial charge in [-0.15, -0.1) is 0 Å². The Bertz CT molecular complexity index is 808. The van der Waals surface area contributed by atoms with Gasteiger partial charge in [0.1, 0.15) is 12.3 Å². The molecular weight excluding hydrogens is 390 g/mol. The van der Waals surface area contributed by atoms with Crippen molar-refractivity contribution < 1.29 is 14.0 Å². The number of hydrogen-bond donors (Lipinski definition) is 0. The second-order valence-electron chi connectivity index (χ2n) is 8.71. The Morgan fingerprint density at radius 3 is 2.45 bits per heavy atom. The molecule has 0 radical (unpaired) electrons. The van der Waals surface area contributed by atoms with Crippen molar-refractivity contribution in [1.82, 2.24) is 14.4 Å². The lowest BCUT2D eigenvalue weighted by molar-refractivity contribution is -0.142. The first-order chi connectivity index (χ1) is 15.1. The molecule has 3 rings (SSSR count). The van der Waals surface area contributed by atoms with Crippen LogP contribution in [0.25, 0.3) is 0 Å². The van der Waals surface area contributed by atoms with Gasteiger partial charge in [-0.3, -0.25) is 9.59 Å². The van der Waals surface area contributed by atoms with E-state index in [1.165, 1.54) is 25.7 Å². The van der Waals surface area contributed by atoms with E-state index in [2.05, 4.69) is 6.92 Å². The molecule has 1 fully saturated rings. The maximum atomic E-state index is 13.3. The molecule has 2 aromatic heterocycles. The van der Waals surface area contributed by atoms with Gasteiger partial charge < -0.3 is 18.8 Å². The van der Waals surface area contributed by atoms with Crippen molar-refractivity contribution in [2.75, 3.05) is 6.54 Å². The van der Waals surface area contributed by atoms with Crippen LogP contribution >= 0.6 is 0 Å². The topological polar surface area (TPSA) is 58.7 Å². The zero-order chi connectivity index (χ0) is 22.1. The van der Waals surface area contributed by atoms with Gasteiger partial charge in [0.25, 0.3) is 0 Å². The Morgan fingerprint density at radius 1 is 1.03 bits per heavy atom. The standard InChI is InChI=1S/C25H37N3O3/c1-3-4-5-6-7-8-13-24(29)28(21-14-15-21)20-25(30)27(19-23-12-10-17-31-23)18-22-11-9-16-26(22)2/h9-12,16-17,21H,3-8,13-15,18-20H2,1-2H3. The van der Waals surface area contributed by atoms with E-state index in [4.69, 9.17) is 4.42 Å². The van der Waals surface area contributed by atoms with Crippen LogP contribution in [-0.2, 0) is 29.7 Å². The number of amides is 2. The predicted octanol–water partition coefficient (Wildman–Crippen LogP) is 4.89. The van der Waals surface area contributed by atoms with Crippen LogP contribution in [0.15, 0.2) is 41.1 Å². The average molecular weight is 428 g/mol. The van der Waals surface area contributed by atoms with Crippen LogP contribution < -0.4 is 0 Å². The van der Waals surface area contributed by atoms with E-state index >= 15 is 0 Å². The molecule has 170 valence electrons. The summed E-state index contributed by atoms with van der Waals surface area (Å²) < 4.78 is 7.51. The van der Waals surface area contributed by atoms with Crippen molar-refractivity contribution >= 4 is 11.8 Å². The minimum Gasteiger partial charge on any atom is -0.467 e. The lowest BCUT2D eigenvalue weighted by atomic mass is 10.1. The lowest BCUT2D eigenvalue weighted by Crippen LogP contribution is -2.43. The van der Waals surface area contributed by atoms with Crippen LogP contribution in [0.3, 0.4) is 0 Å². The van der Waals surface area contributed by atoms with Gasteiger partial charge in [0, 0.05) is 31.4 Å². The Morgan fingerprint density at radius 2 is 1.81 bits per heavy atom. The van der Waals surface area contributed by atoms with Gasteiger partial charge >= 0.3 is 0 Å². The van der Waals surface area contributed by atoms with E-state index in [1.807, 2.05) is 47.0 Å². The summed E-state index contributed by atoms with van der Waals surface area (Å²) in [7, 11) is 1.98. The number of carbonyl (C=O) groups excluding carboxylic acids is 2. The van der Waals surface area contributed by atoms with Crippen molar-refractivity contribution in [3.05, 3.63) is 48.2 Å². The van der Waals surface area contributed by atoms with Crippen molar-refractivity contribution in [3.8, 4) is 0 Å². The van der Waals surface area contributed by atoms with E-state index in [0.717, 1.165) is 37.1 Å². The highest BCUT2D eigenvalue weighted by Crippen LogP contribution is 2.28. The molecule has 1 aliphatic carbocycles. The number of carbonyl (C=O) groups is 2. The molecule has 0 aliphatic heterocycles. The molecule has 0 N–H and O–H groups in total. The van der Waals surface area contributed by atoms with Crippen LogP contribution in [0.1, 0.15) is 76.2 Å². The SMILES string of the molecule is CCCCCCCCC(=O)N(CC(=O)N(Cc1ccco1)Cc1cccn1C)C1CC1. The Balaban J connectivity index is 1.58. The van der Waals surface area contributed by atoms with Gasteiger partial charge in [0.15, 0.2) is 0 Å². The molecule has 2 heterocycles. The molecule has 1 saturated carbocycles. The molecule has 0 bridgehead atoms. The van der Waals surface area contributed by atoms with Crippen LogP contribution in [0.4, 0.5) is 0 Å². The van der Waals surface area contributed by atoms with Gasteiger partial charge in [-0.25, -0.2) is 0 Å². The summed E-state index contributed by atoms with van der Waals surface area (Å²) in [6, 6.07) is 7.95. The Kier molecular flexibility index (Phi) is 8.80. The number of nitrogens with zero attached hydrogens (tertiary/aromatic N) is 3. The third-order valence-electron chi connectivity index (χ3n) is 6.04. The van der Waals surface area contributed by atoms with E-state index in [0.29, 0.717) is 19.5 Å². The number of hydrogen-bond acceptors (Lipinski definition) is 3. The van der Waals surface area contributed by atoms with Gasteiger partial charge in [-0.05, 0) is 43.5 Å². The highest BCUT2D eigenvalue weighted by atomic mass is 16.3. The zero-order valence-corrected chi connectivity index (χ0v) is 19.1. The molecule has 2 aromatic rings. The first kappa shape index (κ1) is 23.2. The summed E-state index contributed by atoms with van der Waals surface area (Å²) in [6.07, 6.45) is 13.1. The minimum atomic E-state index is -0.0270. The lowest BCUT2D eigenvalue weighted by Gasteiger charge is -2.27. The molecule has 0 saturated heterocycles. The molecule has 0 atom stereocenters. The quantitative estimate of drug-likeness (QED) is 0.403. The predicted molar refractivity (Wildman–Crippen MR) is 121 cm³/mol. The van der Waals surface area contributed by atoms with Crippen molar-refractivity contribution in [2.24, 2.45) is 7.05 Å². The van der Waals surface area contributed by atoms with Crippen LogP contribution in [0.5, 0.6) is 0 Å². The fraction of sp³-hybridized carbons (Fsp3) is 0.600. The van der Waals surface area contributed by atoms with Crippen LogP contribution in [0.2, 0.25) is 0 Å². The molecule has 6 heteroatoms. The summed E-state index contributed by atoms with van der Waals surface area (Å²) >= 11 is 0. The summed E-state index contributed by atoms with van der Waals surface area (Å²) in [5.41, 5.74) is 1.05. The minimum absolute atomic E-state index is 0.0270. The normalized spacial score (nSPS) is 13.4. The first-order valence-electron chi connectivity index (χ1n) is 11.8. The Hall–Kier alpha value is -2.50. The summed E-state index contributed by atoms with van der Waals surface area (Å²) in [6.45, 7) is 3.26. The van der Waals surface area contributed by atoms with Crippen molar-refractivity contribution in [3.63, 3.8) is 0 Å². The molecule has 0 aromatic carbocycles. The van der Waals surface area contributed by atoms with Gasteiger partial charge in [0.05, 0.1) is 19.4 Å². The highest BCUT2D eigenvalue weighted by Gasteiger charge is 2.34. The maximum Gasteiger partial charge on any atom is 0.242 e. The molecule has 0 spiro atoms. The molecule has 1 aliphatic rings. The molecule has 0 unspecified atom stereocenters. The first-order valence-corrected chi connectivity index (χ1v) is 11.8. The second kappa shape index (κ2) is 11.8. The van der Waals surface area contributed by atoms with E-state index in [-0.39, 0.29) is 24.4 Å². The summed E-state index contributed by atoms with van der Waals surface area (Å²) in [5, 5.41) is 0. The number of unbranched alkanes of at least 4 members (excludes halogenated alkanes) is 5. The summed E-state index contributed by atoms with van der Waals surface area (Å²) in [4.78, 5) is 29.8. The number of rotatable bonds is 14. The van der Waals surface area contributed by atoms with Crippen molar-refractivity contribution in [2.45, 2.75) is 83.8 Å². The van der Waals surface area contributed by atoms with Gasteiger partial charge in [0.2, 0.25) is 11.8 Å². The number of aromatic nitrogens is 1.